The van der Waals surface area contributed by atoms with Gasteiger partial charge in [-0.05, 0) is 42.2 Å². The van der Waals surface area contributed by atoms with Crippen LogP contribution in [0.5, 0.6) is 5.75 Å². The highest BCUT2D eigenvalue weighted by Gasteiger charge is 2.22. The molecule has 0 bridgehead atoms. The molecule has 4 heteroatoms. The summed E-state index contributed by atoms with van der Waals surface area (Å²) in [5, 5.41) is 13.3. The van der Waals surface area contributed by atoms with Crippen LogP contribution in [0.15, 0.2) is 42.5 Å². The first kappa shape index (κ1) is 15.3. The highest BCUT2D eigenvalue weighted by molar-refractivity contribution is 6.30. The minimum Gasteiger partial charge on any atom is -0.491 e. The Bertz CT molecular complexity index is 645. The van der Waals surface area contributed by atoms with Crippen molar-refractivity contribution in [1.82, 2.24) is 5.32 Å². The van der Waals surface area contributed by atoms with E-state index in [9.17, 15) is 0 Å². The highest BCUT2D eigenvalue weighted by Crippen LogP contribution is 2.33. The average Bonchev–Trinajstić information content (AvgIpc) is 2.93. The van der Waals surface area contributed by atoms with Crippen LogP contribution in [-0.4, -0.2) is 18.3 Å². The van der Waals surface area contributed by atoms with Crippen molar-refractivity contribution < 1.29 is 9.84 Å². The maximum absolute atomic E-state index is 8.90. The van der Waals surface area contributed by atoms with Crippen molar-refractivity contribution in [2.24, 2.45) is 0 Å². The number of hydrogen-bond donors (Lipinski definition) is 2. The minimum atomic E-state index is 0.0263. The van der Waals surface area contributed by atoms with Crippen molar-refractivity contribution in [3.05, 3.63) is 64.2 Å². The van der Waals surface area contributed by atoms with Gasteiger partial charge in [0.2, 0.25) is 0 Å². The fraction of sp³-hybridized carbons (Fsp3) is 0.333. The van der Waals surface area contributed by atoms with Gasteiger partial charge in [-0.3, -0.25) is 0 Å². The predicted molar refractivity (Wildman–Crippen MR) is 88.4 cm³/mol. The lowest BCUT2D eigenvalue weighted by atomic mass is 10.1. The number of benzene rings is 2. The molecule has 0 radical (unpaired) electrons. The second-order valence-electron chi connectivity index (χ2n) is 5.50. The molecule has 0 amide bonds. The van der Waals surface area contributed by atoms with Gasteiger partial charge >= 0.3 is 0 Å². The van der Waals surface area contributed by atoms with Gasteiger partial charge in [-0.1, -0.05) is 35.9 Å². The van der Waals surface area contributed by atoms with E-state index in [1.807, 2.05) is 24.3 Å². The lowest BCUT2D eigenvalue weighted by Crippen LogP contribution is -2.19. The van der Waals surface area contributed by atoms with Gasteiger partial charge in [0.1, 0.15) is 12.4 Å². The van der Waals surface area contributed by atoms with E-state index < -0.39 is 0 Å². The average molecular weight is 318 g/mol. The molecule has 2 aromatic carbocycles. The first-order valence-corrected chi connectivity index (χ1v) is 7.99. The monoisotopic (exact) mass is 317 g/mol. The molecule has 0 saturated heterocycles. The summed E-state index contributed by atoms with van der Waals surface area (Å²) < 4.78 is 5.58. The second kappa shape index (κ2) is 7.14. The molecule has 0 heterocycles. The summed E-state index contributed by atoms with van der Waals surface area (Å²) in [6.45, 7) is 1.09. The zero-order chi connectivity index (χ0) is 15.4. The molecular formula is C18H20ClNO2. The molecule has 2 aromatic rings. The molecule has 3 nitrogen and oxygen atoms in total. The van der Waals surface area contributed by atoms with Crippen molar-refractivity contribution in [2.45, 2.75) is 25.4 Å². The van der Waals surface area contributed by atoms with Crippen LogP contribution >= 0.6 is 11.6 Å². The second-order valence-corrected chi connectivity index (χ2v) is 5.93. The largest absolute Gasteiger partial charge is 0.491 e. The Morgan fingerprint density at radius 1 is 1.23 bits per heavy atom. The maximum atomic E-state index is 8.90. The number of nitrogens with one attached hydrogen (secondary N) is 1. The number of para-hydroxylation sites is 1. The molecule has 0 fully saturated rings. The number of aliphatic hydroxyl groups is 1. The summed E-state index contributed by atoms with van der Waals surface area (Å²) in [6, 6.07) is 14.4. The maximum Gasteiger partial charge on any atom is 0.123 e. The van der Waals surface area contributed by atoms with Gasteiger partial charge in [0.25, 0.3) is 0 Å². The Hall–Kier alpha value is -1.55. The number of hydrogen-bond acceptors (Lipinski definition) is 3. The Morgan fingerprint density at radius 2 is 2.09 bits per heavy atom. The van der Waals surface area contributed by atoms with E-state index in [1.54, 1.807) is 0 Å². The molecular weight excluding hydrogens is 298 g/mol. The molecule has 1 aliphatic carbocycles. The van der Waals surface area contributed by atoms with Crippen LogP contribution in [-0.2, 0) is 13.0 Å². The lowest BCUT2D eigenvalue weighted by molar-refractivity contribution is 0.200. The topological polar surface area (TPSA) is 41.5 Å². The number of fused-ring (bicyclic) bond motifs is 1. The Labute approximate surface area is 135 Å². The normalized spacial score (nSPS) is 16.5. The fourth-order valence-electron chi connectivity index (χ4n) is 2.98. The summed E-state index contributed by atoms with van der Waals surface area (Å²) in [7, 11) is 0. The van der Waals surface area contributed by atoms with E-state index in [2.05, 4.69) is 23.5 Å². The molecule has 0 saturated carbocycles. The van der Waals surface area contributed by atoms with Crippen LogP contribution in [0.25, 0.3) is 0 Å². The number of ether oxygens (including phenoxy) is 1. The standard InChI is InChI=1S/C18H20ClNO2/c19-15-6-7-16-13(11-15)5-8-17(16)20-12-14-3-1-2-4-18(14)22-10-9-21/h1-4,6-7,11,17,20-21H,5,8-10,12H2/t17-/m0/s1. The quantitative estimate of drug-likeness (QED) is 0.857. The van der Waals surface area contributed by atoms with Crippen LogP contribution in [0, 0.1) is 0 Å². The summed E-state index contributed by atoms with van der Waals surface area (Å²) >= 11 is 6.06. The van der Waals surface area contributed by atoms with Gasteiger partial charge in [0.15, 0.2) is 0 Å². The molecule has 0 aliphatic heterocycles. The number of halogens is 1. The highest BCUT2D eigenvalue weighted by atomic mass is 35.5. The first-order chi connectivity index (χ1) is 10.8. The zero-order valence-corrected chi connectivity index (χ0v) is 13.1. The van der Waals surface area contributed by atoms with Gasteiger partial charge in [-0.2, -0.15) is 0 Å². The minimum absolute atomic E-state index is 0.0263. The van der Waals surface area contributed by atoms with Crippen LogP contribution < -0.4 is 10.1 Å². The third-order valence-electron chi connectivity index (χ3n) is 4.04. The van der Waals surface area contributed by atoms with Crippen molar-refractivity contribution in [2.75, 3.05) is 13.2 Å². The predicted octanol–water partition coefficient (Wildman–Crippen LogP) is 3.49. The van der Waals surface area contributed by atoms with Crippen LogP contribution in [0.1, 0.15) is 29.2 Å². The Morgan fingerprint density at radius 3 is 2.95 bits per heavy atom. The summed E-state index contributed by atoms with van der Waals surface area (Å²) in [6.07, 6.45) is 2.16. The van der Waals surface area contributed by atoms with Gasteiger partial charge in [0.05, 0.1) is 6.61 Å². The molecule has 0 unspecified atom stereocenters. The van der Waals surface area contributed by atoms with Crippen molar-refractivity contribution in [3.63, 3.8) is 0 Å². The molecule has 22 heavy (non-hydrogen) atoms. The Balaban J connectivity index is 1.67. The van der Waals surface area contributed by atoms with E-state index >= 15 is 0 Å². The smallest absolute Gasteiger partial charge is 0.123 e. The van der Waals surface area contributed by atoms with Gasteiger partial charge in [-0.25, -0.2) is 0 Å². The van der Waals surface area contributed by atoms with Gasteiger partial charge in [0, 0.05) is 23.2 Å². The summed E-state index contributed by atoms with van der Waals surface area (Å²) in [4.78, 5) is 0. The Kier molecular flexibility index (Phi) is 4.98. The lowest BCUT2D eigenvalue weighted by Gasteiger charge is -2.16. The van der Waals surface area contributed by atoms with Gasteiger partial charge in [-0.15, -0.1) is 0 Å². The van der Waals surface area contributed by atoms with Crippen LogP contribution in [0.3, 0.4) is 0 Å². The van der Waals surface area contributed by atoms with E-state index in [-0.39, 0.29) is 6.61 Å². The molecule has 1 atom stereocenters. The summed E-state index contributed by atoms with van der Waals surface area (Å²) in [5.41, 5.74) is 3.80. The number of rotatable bonds is 6. The molecule has 116 valence electrons. The molecule has 0 spiro atoms. The first-order valence-electron chi connectivity index (χ1n) is 7.61. The zero-order valence-electron chi connectivity index (χ0n) is 12.4. The van der Waals surface area contributed by atoms with Crippen molar-refractivity contribution in [1.29, 1.82) is 0 Å². The van der Waals surface area contributed by atoms with Crippen LogP contribution in [0.4, 0.5) is 0 Å². The van der Waals surface area contributed by atoms with Crippen LogP contribution in [0.2, 0.25) is 5.02 Å². The van der Waals surface area contributed by atoms with E-state index in [0.29, 0.717) is 12.6 Å². The van der Waals surface area contributed by atoms with E-state index in [0.717, 1.165) is 35.7 Å². The van der Waals surface area contributed by atoms with E-state index in [4.69, 9.17) is 21.4 Å². The SMILES string of the molecule is OCCOc1ccccc1CN[C@H]1CCc2cc(Cl)ccc21. The van der Waals surface area contributed by atoms with Gasteiger partial charge < -0.3 is 15.2 Å². The van der Waals surface area contributed by atoms with Crippen molar-refractivity contribution >= 4 is 11.6 Å². The third kappa shape index (κ3) is 3.43. The van der Waals surface area contributed by atoms with E-state index in [1.165, 1.54) is 11.1 Å². The van der Waals surface area contributed by atoms with Crippen molar-refractivity contribution in [3.8, 4) is 5.75 Å². The molecule has 1 aliphatic rings. The third-order valence-corrected chi connectivity index (χ3v) is 4.28. The molecule has 2 N–H and O–H groups in total. The molecule has 0 aromatic heterocycles. The number of aliphatic hydroxyl groups excluding tert-OH is 1. The fourth-order valence-corrected chi connectivity index (χ4v) is 3.17. The summed E-state index contributed by atoms with van der Waals surface area (Å²) in [5.74, 6) is 0.832. The molecule has 3 rings (SSSR count). The number of aryl methyl sites for hydroxylation is 1.